The third-order valence-corrected chi connectivity index (χ3v) is 3.29. The SMILES string of the molecule is CCN(CC)CCCN(CC)c1cncc(N)c1. The molecular weight excluding hydrogens is 224 g/mol. The van der Waals surface area contributed by atoms with Crippen LogP contribution in [-0.2, 0) is 0 Å². The zero-order valence-corrected chi connectivity index (χ0v) is 11.9. The first-order valence-electron chi connectivity index (χ1n) is 6.89. The minimum atomic E-state index is 0.731. The van der Waals surface area contributed by atoms with Crippen LogP contribution >= 0.6 is 0 Å². The molecule has 0 saturated carbocycles. The lowest BCUT2D eigenvalue weighted by atomic mass is 10.3. The number of nitrogens with two attached hydrogens (primary N) is 1. The first kappa shape index (κ1) is 14.8. The van der Waals surface area contributed by atoms with Crippen molar-refractivity contribution in [1.29, 1.82) is 0 Å². The van der Waals surface area contributed by atoms with Crippen LogP contribution in [0.5, 0.6) is 0 Å². The maximum Gasteiger partial charge on any atom is 0.0573 e. The fourth-order valence-corrected chi connectivity index (χ4v) is 2.11. The molecule has 1 rings (SSSR count). The number of aromatic nitrogens is 1. The normalized spacial score (nSPS) is 10.9. The number of hydrogen-bond acceptors (Lipinski definition) is 4. The van der Waals surface area contributed by atoms with Crippen molar-refractivity contribution in [3.8, 4) is 0 Å². The van der Waals surface area contributed by atoms with Gasteiger partial charge in [-0.15, -0.1) is 0 Å². The van der Waals surface area contributed by atoms with Crippen LogP contribution < -0.4 is 10.6 Å². The number of rotatable bonds is 8. The molecule has 0 fully saturated rings. The van der Waals surface area contributed by atoms with Gasteiger partial charge in [0.15, 0.2) is 0 Å². The number of anilines is 2. The molecule has 0 aliphatic heterocycles. The van der Waals surface area contributed by atoms with E-state index in [1.54, 1.807) is 6.20 Å². The van der Waals surface area contributed by atoms with Crippen molar-refractivity contribution in [2.75, 3.05) is 43.4 Å². The van der Waals surface area contributed by atoms with E-state index in [9.17, 15) is 0 Å². The highest BCUT2D eigenvalue weighted by molar-refractivity contribution is 5.53. The quantitative estimate of drug-likeness (QED) is 0.768. The molecule has 0 saturated heterocycles. The molecule has 18 heavy (non-hydrogen) atoms. The number of nitrogen functional groups attached to an aromatic ring is 1. The summed E-state index contributed by atoms with van der Waals surface area (Å²) in [6, 6.07) is 1.99. The summed E-state index contributed by atoms with van der Waals surface area (Å²) in [6.07, 6.45) is 4.74. The Morgan fingerprint density at radius 3 is 2.33 bits per heavy atom. The molecule has 0 amide bonds. The van der Waals surface area contributed by atoms with E-state index in [-0.39, 0.29) is 0 Å². The van der Waals surface area contributed by atoms with E-state index >= 15 is 0 Å². The first-order chi connectivity index (χ1) is 8.71. The van der Waals surface area contributed by atoms with Crippen LogP contribution in [0.3, 0.4) is 0 Å². The molecule has 0 spiro atoms. The van der Waals surface area contributed by atoms with Gasteiger partial charge in [0.05, 0.1) is 17.6 Å². The summed E-state index contributed by atoms with van der Waals surface area (Å²) in [4.78, 5) is 8.93. The molecule has 1 aromatic heterocycles. The molecule has 0 aliphatic rings. The summed E-state index contributed by atoms with van der Waals surface area (Å²) in [6.45, 7) is 12.0. The molecular formula is C14H26N4. The number of nitrogens with zero attached hydrogens (tertiary/aromatic N) is 3. The Balaban J connectivity index is 2.47. The summed E-state index contributed by atoms with van der Waals surface area (Å²) in [7, 11) is 0. The Morgan fingerprint density at radius 1 is 1.06 bits per heavy atom. The molecule has 0 atom stereocenters. The second-order valence-corrected chi connectivity index (χ2v) is 4.44. The minimum Gasteiger partial charge on any atom is -0.397 e. The monoisotopic (exact) mass is 250 g/mol. The van der Waals surface area contributed by atoms with Gasteiger partial charge < -0.3 is 15.5 Å². The molecule has 0 aliphatic carbocycles. The molecule has 0 radical (unpaired) electrons. The third-order valence-electron chi connectivity index (χ3n) is 3.29. The van der Waals surface area contributed by atoms with Gasteiger partial charge in [0, 0.05) is 19.3 Å². The van der Waals surface area contributed by atoms with E-state index in [1.807, 2.05) is 12.3 Å². The van der Waals surface area contributed by atoms with E-state index in [2.05, 4.69) is 35.6 Å². The van der Waals surface area contributed by atoms with Crippen molar-refractivity contribution < 1.29 is 0 Å². The summed E-state index contributed by atoms with van der Waals surface area (Å²) < 4.78 is 0. The topological polar surface area (TPSA) is 45.4 Å². The standard InChI is InChI=1S/C14H26N4/c1-4-17(5-2)8-7-9-18(6-3)14-10-13(15)11-16-12-14/h10-12H,4-9,15H2,1-3H3. The van der Waals surface area contributed by atoms with Gasteiger partial charge in [0.2, 0.25) is 0 Å². The summed E-state index contributed by atoms with van der Waals surface area (Å²) in [5.41, 5.74) is 7.63. The van der Waals surface area contributed by atoms with Gasteiger partial charge in [-0.3, -0.25) is 4.98 Å². The molecule has 1 aromatic rings. The maximum atomic E-state index is 5.77. The lowest BCUT2D eigenvalue weighted by Gasteiger charge is -2.25. The van der Waals surface area contributed by atoms with Crippen LogP contribution in [0.25, 0.3) is 0 Å². The smallest absolute Gasteiger partial charge is 0.0573 e. The molecule has 4 nitrogen and oxygen atoms in total. The van der Waals surface area contributed by atoms with Gasteiger partial charge in [0.1, 0.15) is 0 Å². The summed E-state index contributed by atoms with van der Waals surface area (Å²) in [5, 5.41) is 0. The van der Waals surface area contributed by atoms with E-state index in [1.165, 1.54) is 6.42 Å². The van der Waals surface area contributed by atoms with Crippen LogP contribution in [0.1, 0.15) is 27.2 Å². The van der Waals surface area contributed by atoms with Gasteiger partial charge in [-0.1, -0.05) is 13.8 Å². The zero-order chi connectivity index (χ0) is 13.4. The molecule has 0 unspecified atom stereocenters. The van der Waals surface area contributed by atoms with Crippen molar-refractivity contribution in [2.24, 2.45) is 0 Å². The van der Waals surface area contributed by atoms with Gasteiger partial charge in [0.25, 0.3) is 0 Å². The van der Waals surface area contributed by atoms with Crippen LogP contribution in [0.15, 0.2) is 18.5 Å². The van der Waals surface area contributed by atoms with Gasteiger partial charge in [-0.25, -0.2) is 0 Å². The number of pyridine rings is 1. The van der Waals surface area contributed by atoms with Crippen molar-refractivity contribution >= 4 is 11.4 Å². The Bertz CT molecular complexity index is 336. The molecule has 0 bridgehead atoms. The highest BCUT2D eigenvalue weighted by Crippen LogP contribution is 2.15. The predicted molar refractivity (Wildman–Crippen MR) is 78.9 cm³/mol. The van der Waals surface area contributed by atoms with Gasteiger partial charge in [-0.05, 0) is 39.0 Å². The van der Waals surface area contributed by atoms with Crippen LogP contribution in [0.4, 0.5) is 11.4 Å². The third kappa shape index (κ3) is 4.53. The van der Waals surface area contributed by atoms with Gasteiger partial charge in [-0.2, -0.15) is 0 Å². The lowest BCUT2D eigenvalue weighted by molar-refractivity contribution is 0.301. The second kappa shape index (κ2) is 7.93. The zero-order valence-electron chi connectivity index (χ0n) is 11.9. The fourth-order valence-electron chi connectivity index (χ4n) is 2.11. The average molecular weight is 250 g/mol. The Kier molecular flexibility index (Phi) is 6.50. The van der Waals surface area contributed by atoms with Crippen molar-refractivity contribution in [3.63, 3.8) is 0 Å². The van der Waals surface area contributed by atoms with Crippen molar-refractivity contribution in [2.45, 2.75) is 27.2 Å². The Labute approximate surface area is 111 Å². The van der Waals surface area contributed by atoms with E-state index in [0.29, 0.717) is 0 Å². The molecule has 2 N–H and O–H groups in total. The van der Waals surface area contributed by atoms with Crippen LogP contribution in [0, 0.1) is 0 Å². The Hall–Kier alpha value is -1.29. The molecule has 102 valence electrons. The van der Waals surface area contributed by atoms with E-state index < -0.39 is 0 Å². The molecule has 0 aromatic carbocycles. The van der Waals surface area contributed by atoms with Crippen LogP contribution in [-0.4, -0.2) is 42.6 Å². The lowest BCUT2D eigenvalue weighted by Crippen LogP contribution is -2.30. The molecule has 1 heterocycles. The van der Waals surface area contributed by atoms with Crippen molar-refractivity contribution in [1.82, 2.24) is 9.88 Å². The summed E-state index contributed by atoms with van der Waals surface area (Å²) in [5.74, 6) is 0. The predicted octanol–water partition coefficient (Wildman–Crippen LogP) is 2.22. The highest BCUT2D eigenvalue weighted by Gasteiger charge is 2.06. The fraction of sp³-hybridized carbons (Fsp3) is 0.643. The van der Waals surface area contributed by atoms with Crippen molar-refractivity contribution in [3.05, 3.63) is 18.5 Å². The average Bonchev–Trinajstić information content (AvgIpc) is 2.39. The first-order valence-corrected chi connectivity index (χ1v) is 6.89. The maximum absolute atomic E-state index is 5.77. The van der Waals surface area contributed by atoms with Crippen LogP contribution in [0.2, 0.25) is 0 Å². The van der Waals surface area contributed by atoms with E-state index in [4.69, 9.17) is 5.73 Å². The Morgan fingerprint density at radius 2 is 1.78 bits per heavy atom. The van der Waals surface area contributed by atoms with Gasteiger partial charge >= 0.3 is 0 Å². The second-order valence-electron chi connectivity index (χ2n) is 4.44. The largest absolute Gasteiger partial charge is 0.397 e. The number of hydrogen-bond donors (Lipinski definition) is 1. The summed E-state index contributed by atoms with van der Waals surface area (Å²) >= 11 is 0. The minimum absolute atomic E-state index is 0.731. The van der Waals surface area contributed by atoms with E-state index in [0.717, 1.165) is 44.1 Å². The highest BCUT2D eigenvalue weighted by atomic mass is 15.1. The molecule has 4 heteroatoms.